The van der Waals surface area contributed by atoms with Gasteiger partial charge in [-0.3, -0.25) is 14.5 Å². The van der Waals surface area contributed by atoms with Gasteiger partial charge in [-0.15, -0.1) is 0 Å². The summed E-state index contributed by atoms with van der Waals surface area (Å²) in [5.74, 6) is -0.961. The largest absolute Gasteiger partial charge is 0.328 e. The molecule has 0 N–H and O–H groups in total. The Labute approximate surface area is 159 Å². The molecular formula is C21H27FN2O3. The van der Waals surface area contributed by atoms with Gasteiger partial charge in [0.15, 0.2) is 5.78 Å². The second-order valence-electron chi connectivity index (χ2n) is 8.47. The van der Waals surface area contributed by atoms with Crippen molar-refractivity contribution in [3.63, 3.8) is 0 Å². The minimum Gasteiger partial charge on any atom is -0.307 e. The summed E-state index contributed by atoms with van der Waals surface area (Å²) in [7, 11) is 0. The van der Waals surface area contributed by atoms with Gasteiger partial charge in [0.2, 0.25) is 0 Å². The molecule has 0 radical (unpaired) electrons. The fraction of sp³-hybridized carbons (Fsp3) is 0.571. The van der Waals surface area contributed by atoms with Gasteiger partial charge in [0.25, 0.3) is 5.91 Å². The van der Waals surface area contributed by atoms with Gasteiger partial charge in [-0.05, 0) is 57.9 Å². The third-order valence-corrected chi connectivity index (χ3v) is 5.45. The number of hydrogen-bond donors (Lipinski definition) is 0. The summed E-state index contributed by atoms with van der Waals surface area (Å²) in [5.41, 5.74) is -0.231. The first-order valence-corrected chi connectivity index (χ1v) is 9.65. The number of halogens is 1. The Hall–Kier alpha value is -2.24. The lowest BCUT2D eigenvalue weighted by molar-refractivity contribution is -0.130. The second kappa shape index (κ2) is 7.41. The predicted octanol–water partition coefficient (Wildman–Crippen LogP) is 4.16. The van der Waals surface area contributed by atoms with E-state index in [1.165, 1.54) is 29.2 Å². The Morgan fingerprint density at radius 2 is 1.67 bits per heavy atom. The number of carbonyl (C=O) groups is 3. The molecule has 1 aliphatic carbocycles. The van der Waals surface area contributed by atoms with E-state index in [1.807, 2.05) is 20.8 Å². The highest BCUT2D eigenvalue weighted by molar-refractivity contribution is 6.08. The third-order valence-electron chi connectivity index (χ3n) is 5.45. The number of nitrogens with zero attached hydrogens (tertiary/aromatic N) is 2. The zero-order valence-corrected chi connectivity index (χ0v) is 16.2. The molecule has 3 amide bonds. The van der Waals surface area contributed by atoms with Crippen LogP contribution in [0.2, 0.25) is 0 Å². The summed E-state index contributed by atoms with van der Waals surface area (Å²) in [6, 6.07) is 4.11. The van der Waals surface area contributed by atoms with Crippen LogP contribution in [-0.4, -0.2) is 45.1 Å². The number of imide groups is 1. The predicted molar refractivity (Wildman–Crippen MR) is 99.8 cm³/mol. The SMILES string of the molecule is CC(C)(C)N1C(=O)N(C2CCCCC2)C(=O)C1CC(=O)c1ccc(F)cc1. The van der Waals surface area contributed by atoms with Crippen LogP contribution in [0.4, 0.5) is 9.18 Å². The minimum absolute atomic E-state index is 0.0745. The molecule has 146 valence electrons. The molecule has 5 nitrogen and oxygen atoms in total. The number of benzene rings is 1. The first kappa shape index (κ1) is 19.5. The monoisotopic (exact) mass is 374 g/mol. The molecule has 1 aromatic rings. The van der Waals surface area contributed by atoms with Gasteiger partial charge in [0.1, 0.15) is 11.9 Å². The van der Waals surface area contributed by atoms with Crippen molar-refractivity contribution in [2.45, 2.75) is 76.9 Å². The van der Waals surface area contributed by atoms with Crippen LogP contribution >= 0.6 is 0 Å². The Morgan fingerprint density at radius 3 is 2.22 bits per heavy atom. The lowest BCUT2D eigenvalue weighted by Gasteiger charge is -2.35. The maximum absolute atomic E-state index is 13.1. The molecule has 3 rings (SSSR count). The average molecular weight is 374 g/mol. The van der Waals surface area contributed by atoms with E-state index in [4.69, 9.17) is 0 Å². The number of ketones is 1. The third kappa shape index (κ3) is 3.89. The smallest absolute Gasteiger partial charge is 0.307 e. The van der Waals surface area contributed by atoms with Crippen molar-refractivity contribution in [1.82, 2.24) is 9.80 Å². The van der Waals surface area contributed by atoms with E-state index in [0.29, 0.717) is 5.56 Å². The van der Waals surface area contributed by atoms with Gasteiger partial charge in [0, 0.05) is 23.6 Å². The molecular weight excluding hydrogens is 347 g/mol. The zero-order chi connectivity index (χ0) is 19.8. The highest BCUT2D eigenvalue weighted by Crippen LogP contribution is 2.34. The summed E-state index contributed by atoms with van der Waals surface area (Å²) < 4.78 is 13.1. The lowest BCUT2D eigenvalue weighted by Crippen LogP contribution is -2.49. The van der Waals surface area contributed by atoms with Crippen LogP contribution in [0.25, 0.3) is 0 Å². The highest BCUT2D eigenvalue weighted by atomic mass is 19.1. The summed E-state index contributed by atoms with van der Waals surface area (Å²) in [5, 5.41) is 0. The van der Waals surface area contributed by atoms with E-state index in [-0.39, 0.29) is 30.2 Å². The van der Waals surface area contributed by atoms with E-state index >= 15 is 0 Å². The van der Waals surface area contributed by atoms with Crippen molar-refractivity contribution in [3.05, 3.63) is 35.6 Å². The Kier molecular flexibility index (Phi) is 5.36. The molecule has 1 saturated heterocycles. The van der Waals surface area contributed by atoms with E-state index in [1.54, 1.807) is 4.90 Å². The number of carbonyl (C=O) groups excluding carboxylic acids is 3. The normalized spacial score (nSPS) is 21.9. The molecule has 1 atom stereocenters. The first-order chi connectivity index (χ1) is 12.7. The Bertz CT molecular complexity index is 733. The van der Waals surface area contributed by atoms with E-state index in [9.17, 15) is 18.8 Å². The molecule has 1 saturated carbocycles. The van der Waals surface area contributed by atoms with Crippen LogP contribution in [0.1, 0.15) is 69.7 Å². The van der Waals surface area contributed by atoms with Crippen molar-refractivity contribution in [2.24, 2.45) is 0 Å². The van der Waals surface area contributed by atoms with Crippen LogP contribution in [-0.2, 0) is 4.79 Å². The van der Waals surface area contributed by atoms with Crippen molar-refractivity contribution < 1.29 is 18.8 Å². The van der Waals surface area contributed by atoms with Crippen LogP contribution < -0.4 is 0 Å². The van der Waals surface area contributed by atoms with E-state index in [2.05, 4.69) is 0 Å². The van der Waals surface area contributed by atoms with Crippen LogP contribution in [0.3, 0.4) is 0 Å². The topological polar surface area (TPSA) is 57.7 Å². The quantitative estimate of drug-likeness (QED) is 0.587. The highest BCUT2D eigenvalue weighted by Gasteiger charge is 2.52. The van der Waals surface area contributed by atoms with Gasteiger partial charge in [-0.2, -0.15) is 0 Å². The van der Waals surface area contributed by atoms with Crippen molar-refractivity contribution >= 4 is 17.7 Å². The Morgan fingerprint density at radius 1 is 1.07 bits per heavy atom. The summed E-state index contributed by atoms with van der Waals surface area (Å²) >= 11 is 0. The molecule has 6 heteroatoms. The van der Waals surface area contributed by atoms with Crippen LogP contribution in [0, 0.1) is 5.82 Å². The van der Waals surface area contributed by atoms with Gasteiger partial charge in [0.05, 0.1) is 0 Å². The van der Waals surface area contributed by atoms with Crippen molar-refractivity contribution in [2.75, 3.05) is 0 Å². The molecule has 1 aliphatic heterocycles. The number of Topliss-reactive ketones (excluding diaryl/α,β-unsaturated/α-hetero) is 1. The molecule has 1 unspecified atom stereocenters. The number of rotatable bonds is 4. The fourth-order valence-corrected chi connectivity index (χ4v) is 4.15. The summed E-state index contributed by atoms with van der Waals surface area (Å²) in [6.07, 6.45) is 4.72. The molecule has 2 fully saturated rings. The summed E-state index contributed by atoms with van der Waals surface area (Å²) in [4.78, 5) is 41.9. The maximum Gasteiger partial charge on any atom is 0.328 e. The van der Waals surface area contributed by atoms with Gasteiger partial charge < -0.3 is 4.90 Å². The number of urea groups is 1. The second-order valence-corrected chi connectivity index (χ2v) is 8.47. The summed E-state index contributed by atoms with van der Waals surface area (Å²) in [6.45, 7) is 5.62. The fourth-order valence-electron chi connectivity index (χ4n) is 4.15. The molecule has 2 aliphatic rings. The molecule has 0 bridgehead atoms. The first-order valence-electron chi connectivity index (χ1n) is 9.65. The van der Waals surface area contributed by atoms with Crippen LogP contribution in [0.5, 0.6) is 0 Å². The average Bonchev–Trinajstić information content (AvgIpc) is 2.86. The zero-order valence-electron chi connectivity index (χ0n) is 16.2. The van der Waals surface area contributed by atoms with Crippen molar-refractivity contribution in [3.8, 4) is 0 Å². The van der Waals surface area contributed by atoms with Gasteiger partial charge >= 0.3 is 6.03 Å². The standard InChI is InChI=1S/C21H27FN2O3/c1-21(2,3)24-17(13-18(25)14-9-11-15(22)12-10-14)19(26)23(20(24)27)16-7-5-4-6-8-16/h9-12,16-17H,4-8,13H2,1-3H3. The maximum atomic E-state index is 13.1. The van der Waals surface area contributed by atoms with Crippen LogP contribution in [0.15, 0.2) is 24.3 Å². The van der Waals surface area contributed by atoms with Gasteiger partial charge in [-0.25, -0.2) is 9.18 Å². The minimum atomic E-state index is -0.808. The van der Waals surface area contributed by atoms with E-state index in [0.717, 1.165) is 32.1 Å². The molecule has 0 spiro atoms. The molecule has 0 aromatic heterocycles. The molecule has 1 heterocycles. The lowest BCUT2D eigenvalue weighted by atomic mass is 9.94. The number of hydrogen-bond acceptors (Lipinski definition) is 3. The molecule has 1 aromatic carbocycles. The Balaban J connectivity index is 1.86. The van der Waals surface area contributed by atoms with Crippen molar-refractivity contribution in [1.29, 1.82) is 0 Å². The molecule has 27 heavy (non-hydrogen) atoms. The van der Waals surface area contributed by atoms with E-state index < -0.39 is 17.4 Å². The number of amides is 3. The van der Waals surface area contributed by atoms with Gasteiger partial charge in [-0.1, -0.05) is 19.3 Å².